The van der Waals surface area contributed by atoms with Crippen LogP contribution >= 0.6 is 11.3 Å². The first-order valence-corrected chi connectivity index (χ1v) is 8.53. The summed E-state index contributed by atoms with van der Waals surface area (Å²) in [6, 6.07) is 20.0. The molecule has 2 aromatic heterocycles. The average molecular weight is 333 g/mol. The van der Waals surface area contributed by atoms with Crippen LogP contribution in [0.4, 0.5) is 0 Å². The third kappa shape index (κ3) is 2.81. The average Bonchev–Trinajstić information content (AvgIpc) is 3.31. The Balaban J connectivity index is 1.59. The molecule has 2 heterocycles. The SMILES string of the molecule is O=C(NCc1cccs1)c1cc(-c2cccc3ccccc23)n[nH]1. The smallest absolute Gasteiger partial charge is 0.269 e. The van der Waals surface area contributed by atoms with E-state index in [2.05, 4.69) is 33.7 Å². The molecule has 0 saturated carbocycles. The number of rotatable bonds is 4. The van der Waals surface area contributed by atoms with E-state index in [-0.39, 0.29) is 5.91 Å². The Morgan fingerprint density at radius 2 is 1.96 bits per heavy atom. The van der Waals surface area contributed by atoms with E-state index in [1.807, 2.05) is 41.8 Å². The van der Waals surface area contributed by atoms with Crippen LogP contribution in [0.1, 0.15) is 15.4 Å². The minimum Gasteiger partial charge on any atom is -0.346 e. The van der Waals surface area contributed by atoms with E-state index in [4.69, 9.17) is 0 Å². The first kappa shape index (κ1) is 14.7. The molecule has 2 aromatic carbocycles. The number of aromatic nitrogens is 2. The van der Waals surface area contributed by atoms with Crippen molar-refractivity contribution >= 4 is 28.0 Å². The van der Waals surface area contributed by atoms with Gasteiger partial charge in [-0.1, -0.05) is 48.5 Å². The Hall–Kier alpha value is -2.92. The molecular weight excluding hydrogens is 318 g/mol. The lowest BCUT2D eigenvalue weighted by molar-refractivity contribution is 0.0946. The first-order valence-electron chi connectivity index (χ1n) is 7.65. The summed E-state index contributed by atoms with van der Waals surface area (Å²) in [5, 5.41) is 14.3. The number of benzene rings is 2. The fourth-order valence-electron chi connectivity index (χ4n) is 2.70. The van der Waals surface area contributed by atoms with Crippen LogP contribution in [0.15, 0.2) is 66.0 Å². The Morgan fingerprint density at radius 1 is 1.08 bits per heavy atom. The summed E-state index contributed by atoms with van der Waals surface area (Å²) >= 11 is 1.62. The van der Waals surface area contributed by atoms with Gasteiger partial charge in [0.2, 0.25) is 0 Å². The van der Waals surface area contributed by atoms with E-state index in [0.717, 1.165) is 26.9 Å². The van der Waals surface area contributed by atoms with Crippen molar-refractivity contribution in [2.75, 3.05) is 0 Å². The highest BCUT2D eigenvalue weighted by Crippen LogP contribution is 2.27. The van der Waals surface area contributed by atoms with Crippen LogP contribution < -0.4 is 5.32 Å². The number of aromatic amines is 1. The van der Waals surface area contributed by atoms with Crippen molar-refractivity contribution in [1.82, 2.24) is 15.5 Å². The zero-order chi connectivity index (χ0) is 16.4. The number of nitrogens with one attached hydrogen (secondary N) is 2. The summed E-state index contributed by atoms with van der Waals surface area (Å²) in [5.41, 5.74) is 2.25. The van der Waals surface area contributed by atoms with E-state index in [9.17, 15) is 4.79 Å². The highest BCUT2D eigenvalue weighted by molar-refractivity contribution is 7.09. The zero-order valence-corrected chi connectivity index (χ0v) is 13.6. The zero-order valence-electron chi connectivity index (χ0n) is 12.8. The minimum atomic E-state index is -0.151. The monoisotopic (exact) mass is 333 g/mol. The van der Waals surface area contributed by atoms with Gasteiger partial charge in [0.05, 0.1) is 12.2 Å². The molecule has 0 spiro atoms. The second-order valence-electron chi connectivity index (χ2n) is 5.46. The van der Waals surface area contributed by atoms with Crippen LogP contribution in [0.2, 0.25) is 0 Å². The second kappa shape index (κ2) is 6.29. The van der Waals surface area contributed by atoms with Gasteiger partial charge in [-0.25, -0.2) is 0 Å². The number of hydrogen-bond donors (Lipinski definition) is 2. The number of thiophene rings is 1. The Kier molecular flexibility index (Phi) is 3.84. The number of nitrogens with zero attached hydrogens (tertiary/aromatic N) is 1. The Bertz CT molecular complexity index is 983. The van der Waals surface area contributed by atoms with Gasteiger partial charge in [0.1, 0.15) is 5.69 Å². The number of carbonyl (C=O) groups is 1. The van der Waals surface area contributed by atoms with Crippen LogP contribution in [-0.2, 0) is 6.54 Å². The van der Waals surface area contributed by atoms with Crippen molar-refractivity contribution in [3.8, 4) is 11.3 Å². The summed E-state index contributed by atoms with van der Waals surface area (Å²) < 4.78 is 0. The largest absolute Gasteiger partial charge is 0.346 e. The molecule has 5 heteroatoms. The standard InChI is InChI=1S/C19H15N3OS/c23-19(20-12-14-7-4-10-24-14)18-11-17(21-22-18)16-9-3-6-13-5-1-2-8-15(13)16/h1-11H,12H2,(H,20,23)(H,21,22). The molecule has 4 nitrogen and oxygen atoms in total. The molecular formula is C19H15N3OS. The summed E-state index contributed by atoms with van der Waals surface area (Å²) in [6.45, 7) is 0.527. The molecule has 0 atom stereocenters. The number of carbonyl (C=O) groups excluding carboxylic acids is 1. The molecule has 4 rings (SSSR count). The molecule has 2 N–H and O–H groups in total. The topological polar surface area (TPSA) is 57.8 Å². The van der Waals surface area contributed by atoms with Gasteiger partial charge in [-0.3, -0.25) is 9.89 Å². The predicted molar refractivity (Wildman–Crippen MR) is 97.0 cm³/mol. The van der Waals surface area contributed by atoms with Crippen molar-refractivity contribution in [2.24, 2.45) is 0 Å². The second-order valence-corrected chi connectivity index (χ2v) is 6.49. The molecule has 0 unspecified atom stereocenters. The van der Waals surface area contributed by atoms with E-state index < -0.39 is 0 Å². The molecule has 118 valence electrons. The number of H-pyrrole nitrogens is 1. The molecule has 1 amide bonds. The number of fused-ring (bicyclic) bond motifs is 1. The maximum Gasteiger partial charge on any atom is 0.269 e. The third-order valence-electron chi connectivity index (χ3n) is 3.89. The Morgan fingerprint density at radius 3 is 2.83 bits per heavy atom. The molecule has 0 aliphatic heterocycles. The van der Waals surface area contributed by atoms with Crippen LogP contribution in [0.5, 0.6) is 0 Å². The van der Waals surface area contributed by atoms with Gasteiger partial charge in [-0.15, -0.1) is 11.3 Å². The van der Waals surface area contributed by atoms with E-state index in [1.165, 1.54) is 0 Å². The highest BCUT2D eigenvalue weighted by atomic mass is 32.1. The molecule has 0 saturated heterocycles. The fraction of sp³-hybridized carbons (Fsp3) is 0.0526. The van der Waals surface area contributed by atoms with Crippen molar-refractivity contribution in [2.45, 2.75) is 6.54 Å². The van der Waals surface area contributed by atoms with Gasteiger partial charge < -0.3 is 5.32 Å². The maximum absolute atomic E-state index is 12.3. The third-order valence-corrected chi connectivity index (χ3v) is 4.77. The lowest BCUT2D eigenvalue weighted by Gasteiger charge is -2.03. The molecule has 0 radical (unpaired) electrons. The first-order chi connectivity index (χ1) is 11.8. The van der Waals surface area contributed by atoms with Crippen molar-refractivity contribution in [1.29, 1.82) is 0 Å². The van der Waals surface area contributed by atoms with Gasteiger partial charge in [0.25, 0.3) is 5.91 Å². The summed E-state index contributed by atoms with van der Waals surface area (Å²) in [6.07, 6.45) is 0. The van der Waals surface area contributed by atoms with Gasteiger partial charge in [0.15, 0.2) is 0 Å². The molecule has 0 bridgehead atoms. The highest BCUT2D eigenvalue weighted by Gasteiger charge is 2.12. The van der Waals surface area contributed by atoms with E-state index in [0.29, 0.717) is 12.2 Å². The molecule has 4 aromatic rings. The van der Waals surface area contributed by atoms with Crippen molar-refractivity contribution < 1.29 is 4.79 Å². The predicted octanol–water partition coefficient (Wildman–Crippen LogP) is 4.22. The van der Waals surface area contributed by atoms with Gasteiger partial charge in [0, 0.05) is 10.4 Å². The molecule has 0 fully saturated rings. The van der Waals surface area contributed by atoms with Crippen molar-refractivity contribution in [3.05, 3.63) is 76.6 Å². The van der Waals surface area contributed by atoms with Crippen LogP contribution in [0, 0.1) is 0 Å². The molecule has 24 heavy (non-hydrogen) atoms. The lowest BCUT2D eigenvalue weighted by atomic mass is 10.0. The van der Waals surface area contributed by atoms with Gasteiger partial charge in [-0.05, 0) is 28.3 Å². The minimum absolute atomic E-state index is 0.151. The molecule has 0 aliphatic rings. The lowest BCUT2D eigenvalue weighted by Crippen LogP contribution is -2.22. The summed E-state index contributed by atoms with van der Waals surface area (Å²) in [5.74, 6) is -0.151. The number of hydrogen-bond acceptors (Lipinski definition) is 3. The van der Waals surface area contributed by atoms with E-state index >= 15 is 0 Å². The quantitative estimate of drug-likeness (QED) is 0.587. The summed E-state index contributed by atoms with van der Waals surface area (Å²) in [7, 11) is 0. The molecule has 0 aliphatic carbocycles. The van der Waals surface area contributed by atoms with E-state index in [1.54, 1.807) is 17.4 Å². The maximum atomic E-state index is 12.3. The Labute approximate surface area is 143 Å². The summed E-state index contributed by atoms with van der Waals surface area (Å²) in [4.78, 5) is 13.4. The van der Waals surface area contributed by atoms with Gasteiger partial charge in [-0.2, -0.15) is 5.10 Å². The van der Waals surface area contributed by atoms with Crippen molar-refractivity contribution in [3.63, 3.8) is 0 Å². The normalized spacial score (nSPS) is 10.8. The fourth-order valence-corrected chi connectivity index (χ4v) is 3.35. The van der Waals surface area contributed by atoms with Crippen LogP contribution in [0.25, 0.3) is 22.0 Å². The number of amides is 1. The van der Waals surface area contributed by atoms with Gasteiger partial charge >= 0.3 is 0 Å². The van der Waals surface area contributed by atoms with Crippen LogP contribution in [0.3, 0.4) is 0 Å². The van der Waals surface area contributed by atoms with Crippen LogP contribution in [-0.4, -0.2) is 16.1 Å².